The monoisotopic (exact) mass is 358 g/mol. The number of aryl methyl sites for hydroxylation is 1. The van der Waals surface area contributed by atoms with Crippen molar-refractivity contribution in [1.29, 1.82) is 0 Å². The molecule has 138 valence electrons. The van der Waals surface area contributed by atoms with Gasteiger partial charge in [-0.25, -0.2) is 8.78 Å². The second-order valence-electron chi connectivity index (χ2n) is 6.73. The molecule has 0 spiro atoms. The summed E-state index contributed by atoms with van der Waals surface area (Å²) in [5.74, 6) is -0.719. The van der Waals surface area contributed by atoms with Gasteiger partial charge in [0, 0.05) is 36.0 Å². The van der Waals surface area contributed by atoms with Crippen LogP contribution in [0.3, 0.4) is 0 Å². The Kier molecular flexibility index (Phi) is 5.45. The van der Waals surface area contributed by atoms with Crippen LogP contribution >= 0.6 is 0 Å². The Labute approximate surface area is 153 Å². The second-order valence-corrected chi connectivity index (χ2v) is 6.73. The van der Waals surface area contributed by atoms with Crippen molar-refractivity contribution in [3.8, 4) is 11.5 Å². The van der Waals surface area contributed by atoms with E-state index in [9.17, 15) is 8.78 Å². The fourth-order valence-corrected chi connectivity index (χ4v) is 3.01. The third-order valence-electron chi connectivity index (χ3n) is 4.62. The molecule has 0 saturated heterocycles. The topological polar surface area (TPSA) is 33.3 Å². The zero-order valence-electron chi connectivity index (χ0n) is 15.3. The fraction of sp³-hybridized carbons (Fsp3) is 0.333. The summed E-state index contributed by atoms with van der Waals surface area (Å²) in [6, 6.07) is 9.55. The molecule has 2 N–H and O–H groups in total. The van der Waals surface area contributed by atoms with Gasteiger partial charge >= 0.3 is 0 Å². The highest BCUT2D eigenvalue weighted by Gasteiger charge is 2.20. The van der Waals surface area contributed by atoms with Crippen molar-refractivity contribution >= 4 is 0 Å². The molecular formula is C21H24F2N2O. The number of halogens is 2. The standard InChI is InChI=1S/C21H24F2N2O/c1-4-15-9-16(12-24-15)25-14(3)18-10-20(23)21(11-19(18)22)26-17-7-5-13(2)6-8-17/h5-8,10-12,14-15,24-25H,4,9H2,1-3H3. The van der Waals surface area contributed by atoms with E-state index in [4.69, 9.17) is 4.74 Å². The third kappa shape index (κ3) is 4.15. The lowest BCUT2D eigenvalue weighted by atomic mass is 10.1. The first-order valence-corrected chi connectivity index (χ1v) is 8.91. The molecule has 3 nitrogen and oxygen atoms in total. The molecule has 3 rings (SSSR count). The number of nitrogens with one attached hydrogen (secondary N) is 2. The zero-order chi connectivity index (χ0) is 18.7. The average molecular weight is 358 g/mol. The molecule has 2 atom stereocenters. The van der Waals surface area contributed by atoms with Crippen LogP contribution in [0.4, 0.5) is 8.78 Å². The number of ether oxygens (including phenoxy) is 1. The van der Waals surface area contributed by atoms with E-state index in [-0.39, 0.29) is 17.4 Å². The lowest BCUT2D eigenvalue weighted by molar-refractivity contribution is 0.432. The summed E-state index contributed by atoms with van der Waals surface area (Å²) in [5.41, 5.74) is 2.35. The summed E-state index contributed by atoms with van der Waals surface area (Å²) in [5, 5.41) is 6.52. The Bertz CT molecular complexity index is 802. The van der Waals surface area contributed by atoms with E-state index in [1.165, 1.54) is 6.07 Å². The lowest BCUT2D eigenvalue weighted by Gasteiger charge is -2.18. The molecule has 5 heteroatoms. The molecule has 0 aromatic heterocycles. The van der Waals surface area contributed by atoms with Crippen LogP contribution in [0.15, 0.2) is 48.3 Å². The van der Waals surface area contributed by atoms with Crippen molar-refractivity contribution in [2.45, 2.75) is 45.7 Å². The maximum absolute atomic E-state index is 14.5. The van der Waals surface area contributed by atoms with E-state index < -0.39 is 11.6 Å². The fourth-order valence-electron chi connectivity index (χ4n) is 3.01. The quantitative estimate of drug-likeness (QED) is 0.732. The summed E-state index contributed by atoms with van der Waals surface area (Å²) in [7, 11) is 0. The van der Waals surface area contributed by atoms with Gasteiger partial charge in [0.2, 0.25) is 0 Å². The smallest absolute Gasteiger partial charge is 0.166 e. The Morgan fingerprint density at radius 3 is 2.58 bits per heavy atom. The highest BCUT2D eigenvalue weighted by atomic mass is 19.1. The van der Waals surface area contributed by atoms with Crippen LogP contribution in [-0.2, 0) is 0 Å². The Morgan fingerprint density at radius 1 is 1.19 bits per heavy atom. The highest BCUT2D eigenvalue weighted by Crippen LogP contribution is 2.30. The van der Waals surface area contributed by atoms with Crippen LogP contribution in [0.2, 0.25) is 0 Å². The van der Waals surface area contributed by atoms with Crippen LogP contribution in [-0.4, -0.2) is 6.04 Å². The predicted octanol–water partition coefficient (Wildman–Crippen LogP) is 5.33. The predicted molar refractivity (Wildman–Crippen MR) is 99.1 cm³/mol. The number of rotatable bonds is 6. The van der Waals surface area contributed by atoms with Crippen LogP contribution < -0.4 is 15.4 Å². The Morgan fingerprint density at radius 2 is 1.92 bits per heavy atom. The van der Waals surface area contributed by atoms with Gasteiger partial charge in [0.05, 0.1) is 6.04 Å². The largest absolute Gasteiger partial charge is 0.454 e. The minimum absolute atomic E-state index is 0.116. The summed E-state index contributed by atoms with van der Waals surface area (Å²) in [6.07, 6.45) is 3.79. The molecular weight excluding hydrogens is 334 g/mol. The van der Waals surface area contributed by atoms with Gasteiger partial charge in [-0.15, -0.1) is 0 Å². The number of benzene rings is 2. The molecule has 0 amide bonds. The van der Waals surface area contributed by atoms with E-state index in [1.54, 1.807) is 12.1 Å². The number of hydrogen-bond acceptors (Lipinski definition) is 3. The molecule has 1 aliphatic heterocycles. The van der Waals surface area contributed by atoms with Crippen LogP contribution in [0.1, 0.15) is 43.9 Å². The molecule has 0 aliphatic carbocycles. The third-order valence-corrected chi connectivity index (χ3v) is 4.62. The minimum atomic E-state index is -0.583. The average Bonchev–Trinajstić information content (AvgIpc) is 3.07. The van der Waals surface area contributed by atoms with Crippen molar-refractivity contribution in [2.75, 3.05) is 0 Å². The van der Waals surface area contributed by atoms with Gasteiger partial charge in [-0.1, -0.05) is 24.6 Å². The molecule has 0 fully saturated rings. The Balaban J connectivity index is 1.73. The summed E-state index contributed by atoms with van der Waals surface area (Å²) in [4.78, 5) is 0. The van der Waals surface area contributed by atoms with Gasteiger partial charge in [-0.3, -0.25) is 0 Å². The molecule has 1 heterocycles. The van der Waals surface area contributed by atoms with Gasteiger partial charge in [0.15, 0.2) is 11.6 Å². The Hall–Kier alpha value is -2.56. The van der Waals surface area contributed by atoms with E-state index in [0.717, 1.165) is 30.2 Å². The van der Waals surface area contributed by atoms with Crippen molar-refractivity contribution < 1.29 is 13.5 Å². The maximum Gasteiger partial charge on any atom is 0.166 e. The van der Waals surface area contributed by atoms with Crippen molar-refractivity contribution in [3.05, 3.63) is 71.1 Å². The SMILES string of the molecule is CCC1CC(NC(C)c2cc(F)c(Oc3ccc(C)cc3)cc2F)=CN1. The molecule has 0 saturated carbocycles. The second kappa shape index (κ2) is 7.77. The molecule has 0 bridgehead atoms. The minimum Gasteiger partial charge on any atom is -0.454 e. The highest BCUT2D eigenvalue weighted by molar-refractivity contribution is 5.37. The summed E-state index contributed by atoms with van der Waals surface area (Å²) < 4.78 is 34.5. The van der Waals surface area contributed by atoms with E-state index in [1.807, 2.05) is 32.2 Å². The summed E-state index contributed by atoms with van der Waals surface area (Å²) in [6.45, 7) is 5.88. The van der Waals surface area contributed by atoms with Gasteiger partial charge in [0.25, 0.3) is 0 Å². The van der Waals surface area contributed by atoms with E-state index >= 15 is 0 Å². The van der Waals surface area contributed by atoms with Crippen molar-refractivity contribution in [1.82, 2.24) is 10.6 Å². The molecule has 0 radical (unpaired) electrons. The van der Waals surface area contributed by atoms with Gasteiger partial charge in [0.1, 0.15) is 11.6 Å². The molecule has 2 aromatic carbocycles. The van der Waals surface area contributed by atoms with Crippen LogP contribution in [0, 0.1) is 18.6 Å². The molecule has 1 aliphatic rings. The normalized spacial score (nSPS) is 17.4. The molecule has 2 aromatic rings. The van der Waals surface area contributed by atoms with Gasteiger partial charge in [-0.2, -0.15) is 0 Å². The molecule has 26 heavy (non-hydrogen) atoms. The van der Waals surface area contributed by atoms with Gasteiger partial charge in [-0.05, 0) is 38.5 Å². The lowest BCUT2D eigenvalue weighted by Crippen LogP contribution is -2.20. The van der Waals surface area contributed by atoms with E-state index in [2.05, 4.69) is 17.6 Å². The van der Waals surface area contributed by atoms with Gasteiger partial charge < -0.3 is 15.4 Å². The van der Waals surface area contributed by atoms with Crippen molar-refractivity contribution in [3.63, 3.8) is 0 Å². The van der Waals surface area contributed by atoms with Crippen molar-refractivity contribution in [2.24, 2.45) is 0 Å². The first kappa shape index (κ1) is 18.2. The van der Waals surface area contributed by atoms with Crippen LogP contribution in [0.25, 0.3) is 0 Å². The first-order chi connectivity index (χ1) is 12.5. The summed E-state index contributed by atoms with van der Waals surface area (Å²) >= 11 is 0. The van der Waals surface area contributed by atoms with Crippen LogP contribution in [0.5, 0.6) is 11.5 Å². The number of hydrogen-bond donors (Lipinski definition) is 2. The molecule has 2 unspecified atom stereocenters. The maximum atomic E-state index is 14.5. The first-order valence-electron chi connectivity index (χ1n) is 8.91. The van der Waals surface area contributed by atoms with E-state index in [0.29, 0.717) is 11.8 Å². The zero-order valence-corrected chi connectivity index (χ0v) is 15.3.